The fourth-order valence-corrected chi connectivity index (χ4v) is 2.28. The third-order valence-electron chi connectivity index (χ3n) is 3.29. The smallest absolute Gasteiger partial charge is 0.249 e. The lowest BCUT2D eigenvalue weighted by atomic mass is 10.1. The molecule has 0 spiro atoms. The monoisotopic (exact) mass is 295 g/mol. The van der Waals surface area contributed by atoms with E-state index in [1.807, 2.05) is 19.9 Å². The van der Waals surface area contributed by atoms with E-state index in [9.17, 15) is 9.18 Å². The van der Waals surface area contributed by atoms with E-state index in [0.29, 0.717) is 19.6 Å². The lowest BCUT2D eigenvalue weighted by Crippen LogP contribution is -2.35. The molecule has 1 aromatic carbocycles. The Kier molecular flexibility index (Phi) is 5.56. The fraction of sp³-hybridized carbons (Fsp3) is 0.562. The first kappa shape index (κ1) is 15.8. The molecule has 0 saturated carbocycles. The minimum absolute atomic E-state index is 0.0592. The van der Waals surface area contributed by atoms with Gasteiger partial charge in [0.15, 0.2) is 11.6 Å². The van der Waals surface area contributed by atoms with E-state index in [1.165, 1.54) is 6.07 Å². The van der Waals surface area contributed by atoms with E-state index < -0.39 is 0 Å². The minimum Gasteiger partial charge on any atom is -0.488 e. The number of benzene rings is 1. The normalized spacial score (nSPS) is 18.0. The van der Waals surface area contributed by atoms with Crippen LogP contribution in [0.1, 0.15) is 32.3 Å². The molecule has 2 rings (SSSR count). The van der Waals surface area contributed by atoms with Crippen molar-refractivity contribution >= 4 is 5.91 Å². The molecule has 4 nitrogen and oxygen atoms in total. The highest BCUT2D eigenvalue weighted by Crippen LogP contribution is 2.19. The summed E-state index contributed by atoms with van der Waals surface area (Å²) in [5.41, 5.74) is 0.830. The molecule has 5 heteroatoms. The number of amides is 1. The van der Waals surface area contributed by atoms with Crippen molar-refractivity contribution in [1.29, 1.82) is 0 Å². The zero-order chi connectivity index (χ0) is 15.2. The minimum atomic E-state index is -0.369. The molecule has 0 bridgehead atoms. The molecule has 1 atom stereocenters. The Balaban J connectivity index is 1.80. The van der Waals surface area contributed by atoms with E-state index in [2.05, 4.69) is 5.32 Å². The molecule has 1 aliphatic rings. The number of carbonyl (C=O) groups excluding carboxylic acids is 1. The first-order chi connectivity index (χ1) is 10.1. The van der Waals surface area contributed by atoms with Gasteiger partial charge in [0, 0.05) is 13.2 Å². The van der Waals surface area contributed by atoms with Crippen LogP contribution in [-0.2, 0) is 16.0 Å². The Hall–Kier alpha value is -1.62. The Morgan fingerprint density at radius 3 is 2.95 bits per heavy atom. The van der Waals surface area contributed by atoms with Crippen LogP contribution in [0.5, 0.6) is 5.75 Å². The molecule has 1 amide bonds. The van der Waals surface area contributed by atoms with Crippen LogP contribution in [0.3, 0.4) is 0 Å². The number of hydrogen-bond acceptors (Lipinski definition) is 3. The van der Waals surface area contributed by atoms with Crippen LogP contribution < -0.4 is 10.1 Å². The highest BCUT2D eigenvalue weighted by molar-refractivity contribution is 5.80. The molecular formula is C16H22FNO3. The number of halogens is 1. The van der Waals surface area contributed by atoms with E-state index in [-0.39, 0.29) is 29.7 Å². The number of rotatable bonds is 6. The molecule has 1 N–H and O–H groups in total. The molecule has 0 aromatic heterocycles. The Bertz CT molecular complexity index is 484. The van der Waals surface area contributed by atoms with Crippen LogP contribution in [0.2, 0.25) is 0 Å². The highest BCUT2D eigenvalue weighted by Gasteiger charge is 2.22. The molecular weight excluding hydrogens is 273 g/mol. The Labute approximate surface area is 124 Å². The van der Waals surface area contributed by atoms with Crippen LogP contribution in [0.4, 0.5) is 4.39 Å². The zero-order valence-electron chi connectivity index (χ0n) is 12.5. The van der Waals surface area contributed by atoms with Crippen molar-refractivity contribution < 1.29 is 18.7 Å². The van der Waals surface area contributed by atoms with Crippen molar-refractivity contribution in [2.75, 3.05) is 13.2 Å². The fourth-order valence-electron chi connectivity index (χ4n) is 2.28. The van der Waals surface area contributed by atoms with Crippen molar-refractivity contribution in [1.82, 2.24) is 5.32 Å². The topological polar surface area (TPSA) is 47.6 Å². The lowest BCUT2D eigenvalue weighted by Gasteiger charge is -2.12. The number of carbonyl (C=O) groups is 1. The van der Waals surface area contributed by atoms with Crippen molar-refractivity contribution in [2.45, 2.75) is 45.3 Å². The third kappa shape index (κ3) is 4.70. The van der Waals surface area contributed by atoms with Crippen molar-refractivity contribution in [3.05, 3.63) is 29.6 Å². The summed E-state index contributed by atoms with van der Waals surface area (Å²) in [5.74, 6) is -0.184. The summed E-state index contributed by atoms with van der Waals surface area (Å²) >= 11 is 0. The van der Waals surface area contributed by atoms with E-state index >= 15 is 0 Å². The summed E-state index contributed by atoms with van der Waals surface area (Å²) in [6.45, 7) is 4.84. The predicted molar refractivity (Wildman–Crippen MR) is 77.9 cm³/mol. The van der Waals surface area contributed by atoms with Gasteiger partial charge in [-0.05, 0) is 50.8 Å². The van der Waals surface area contributed by atoms with Crippen molar-refractivity contribution in [2.24, 2.45) is 0 Å². The maximum absolute atomic E-state index is 13.8. The van der Waals surface area contributed by atoms with Gasteiger partial charge >= 0.3 is 0 Å². The molecule has 1 unspecified atom stereocenters. The van der Waals surface area contributed by atoms with Gasteiger partial charge in [-0.15, -0.1) is 0 Å². The second kappa shape index (κ2) is 7.41. The molecule has 0 aliphatic carbocycles. The molecule has 1 aromatic rings. The van der Waals surface area contributed by atoms with Gasteiger partial charge in [0.25, 0.3) is 0 Å². The van der Waals surface area contributed by atoms with Crippen LogP contribution in [0.15, 0.2) is 18.2 Å². The second-order valence-electron chi connectivity index (χ2n) is 5.47. The quantitative estimate of drug-likeness (QED) is 0.877. The second-order valence-corrected chi connectivity index (χ2v) is 5.47. The summed E-state index contributed by atoms with van der Waals surface area (Å²) in [4.78, 5) is 11.7. The van der Waals surface area contributed by atoms with Gasteiger partial charge in [-0.3, -0.25) is 4.79 Å². The van der Waals surface area contributed by atoms with E-state index in [0.717, 1.165) is 18.4 Å². The van der Waals surface area contributed by atoms with Crippen LogP contribution in [0.25, 0.3) is 0 Å². The summed E-state index contributed by atoms with van der Waals surface area (Å²) in [6.07, 6.45) is 1.92. The Morgan fingerprint density at radius 2 is 2.33 bits per heavy atom. The molecule has 21 heavy (non-hydrogen) atoms. The average molecular weight is 295 g/mol. The van der Waals surface area contributed by atoms with Gasteiger partial charge in [0.1, 0.15) is 6.10 Å². The van der Waals surface area contributed by atoms with Gasteiger partial charge in [-0.2, -0.15) is 0 Å². The summed E-state index contributed by atoms with van der Waals surface area (Å²) in [7, 11) is 0. The molecule has 1 fully saturated rings. The van der Waals surface area contributed by atoms with Crippen molar-refractivity contribution in [3.63, 3.8) is 0 Å². The number of ether oxygens (including phenoxy) is 2. The first-order valence-corrected chi connectivity index (χ1v) is 7.40. The summed E-state index contributed by atoms with van der Waals surface area (Å²) in [5, 5.41) is 2.82. The van der Waals surface area contributed by atoms with Gasteiger partial charge in [0.05, 0.1) is 6.10 Å². The molecule has 0 radical (unpaired) electrons. The van der Waals surface area contributed by atoms with Gasteiger partial charge < -0.3 is 14.8 Å². The van der Waals surface area contributed by atoms with Gasteiger partial charge in [-0.25, -0.2) is 4.39 Å². The summed E-state index contributed by atoms with van der Waals surface area (Å²) in [6, 6.07) is 4.90. The largest absolute Gasteiger partial charge is 0.488 e. The zero-order valence-corrected chi connectivity index (χ0v) is 12.5. The standard InChI is InChI=1S/C16H22FNO3/c1-11(2)21-14-6-5-12(10-13(14)17)7-8-18-16(19)15-4-3-9-20-15/h5-6,10-11,15H,3-4,7-9H2,1-2H3,(H,18,19). The average Bonchev–Trinajstić information content (AvgIpc) is 2.95. The van der Waals surface area contributed by atoms with Crippen LogP contribution in [0, 0.1) is 5.82 Å². The van der Waals surface area contributed by atoms with Gasteiger partial charge in [0.2, 0.25) is 5.91 Å². The van der Waals surface area contributed by atoms with E-state index in [4.69, 9.17) is 9.47 Å². The van der Waals surface area contributed by atoms with Crippen LogP contribution >= 0.6 is 0 Å². The lowest BCUT2D eigenvalue weighted by molar-refractivity contribution is -0.129. The maximum Gasteiger partial charge on any atom is 0.249 e. The maximum atomic E-state index is 13.8. The molecule has 1 saturated heterocycles. The highest BCUT2D eigenvalue weighted by atomic mass is 19.1. The number of hydrogen-bond donors (Lipinski definition) is 1. The summed E-state index contributed by atoms with van der Waals surface area (Å²) < 4.78 is 24.5. The third-order valence-corrected chi connectivity index (χ3v) is 3.29. The van der Waals surface area contributed by atoms with E-state index in [1.54, 1.807) is 6.07 Å². The SMILES string of the molecule is CC(C)Oc1ccc(CCNC(=O)C2CCCO2)cc1F. The number of nitrogens with one attached hydrogen (secondary N) is 1. The first-order valence-electron chi connectivity index (χ1n) is 7.40. The van der Waals surface area contributed by atoms with Crippen molar-refractivity contribution in [3.8, 4) is 5.75 Å². The molecule has 1 heterocycles. The van der Waals surface area contributed by atoms with Gasteiger partial charge in [-0.1, -0.05) is 6.07 Å². The molecule has 116 valence electrons. The predicted octanol–water partition coefficient (Wildman–Crippen LogP) is 2.45. The molecule has 1 aliphatic heterocycles. The Morgan fingerprint density at radius 1 is 1.52 bits per heavy atom. The van der Waals surface area contributed by atoms with Crippen LogP contribution in [-0.4, -0.2) is 31.3 Å².